The summed E-state index contributed by atoms with van der Waals surface area (Å²) in [6.07, 6.45) is 5.37. The van der Waals surface area contributed by atoms with Crippen LogP contribution in [-0.2, 0) is 28.3 Å². The first-order valence-electron chi connectivity index (χ1n) is 15.1. The summed E-state index contributed by atoms with van der Waals surface area (Å²) in [5.74, 6) is 0.596. The van der Waals surface area contributed by atoms with Gasteiger partial charge in [-0.15, -0.1) is 0 Å². The highest BCUT2D eigenvalue weighted by Crippen LogP contribution is 2.50. The molecule has 3 rings (SSSR count). The predicted octanol–water partition coefficient (Wildman–Crippen LogP) is 7.10. The van der Waals surface area contributed by atoms with Crippen molar-refractivity contribution < 1.29 is 28.3 Å². The molecule has 1 saturated heterocycles. The van der Waals surface area contributed by atoms with Gasteiger partial charge in [-0.1, -0.05) is 41.5 Å². The first-order valence-corrected chi connectivity index (χ1v) is 18.0. The minimum atomic E-state index is -1.99. The lowest BCUT2D eigenvalue weighted by molar-refractivity contribution is -0.176. The molecule has 0 aromatic carbocycles. The van der Waals surface area contributed by atoms with Crippen LogP contribution < -0.4 is 0 Å². The first-order chi connectivity index (χ1) is 17.5. The SMILES string of the molecule is CCC(C)(C)C(=O)O[C@H]1C[C@@H](C)C(=O)[C@@H]2CC[C@H](C)[C@H](CC[C@@H]3C[C@@H](O[Si](C)(C)C(C)(C)C)CC(=O)O3)[C@@H]12. The Morgan fingerprint density at radius 2 is 1.68 bits per heavy atom. The molecule has 3 aliphatic rings. The van der Waals surface area contributed by atoms with Gasteiger partial charge in [0.1, 0.15) is 18.0 Å². The smallest absolute Gasteiger partial charge is 0.311 e. The third kappa shape index (κ3) is 6.91. The maximum atomic E-state index is 13.3. The van der Waals surface area contributed by atoms with Crippen LogP contribution in [0.5, 0.6) is 0 Å². The largest absolute Gasteiger partial charge is 0.462 e. The lowest BCUT2D eigenvalue weighted by Crippen LogP contribution is -2.52. The molecule has 2 aliphatic carbocycles. The molecule has 218 valence electrons. The summed E-state index contributed by atoms with van der Waals surface area (Å²) in [4.78, 5) is 38.9. The number of ether oxygens (including phenoxy) is 2. The maximum Gasteiger partial charge on any atom is 0.311 e. The van der Waals surface area contributed by atoms with E-state index in [2.05, 4.69) is 40.8 Å². The van der Waals surface area contributed by atoms with Crippen LogP contribution in [0.4, 0.5) is 0 Å². The van der Waals surface area contributed by atoms with Crippen molar-refractivity contribution in [3.8, 4) is 0 Å². The van der Waals surface area contributed by atoms with Crippen molar-refractivity contribution in [1.29, 1.82) is 0 Å². The molecular formula is C31H54O6Si. The molecule has 0 N–H and O–H groups in total. The number of esters is 2. The molecule has 0 radical (unpaired) electrons. The first kappa shape index (κ1) is 31.3. The second-order valence-corrected chi connectivity index (χ2v) is 19.5. The van der Waals surface area contributed by atoms with Crippen molar-refractivity contribution in [3.63, 3.8) is 0 Å². The highest BCUT2D eigenvalue weighted by molar-refractivity contribution is 6.74. The van der Waals surface area contributed by atoms with Gasteiger partial charge >= 0.3 is 11.9 Å². The van der Waals surface area contributed by atoms with Crippen LogP contribution >= 0.6 is 0 Å². The predicted molar refractivity (Wildman–Crippen MR) is 152 cm³/mol. The van der Waals surface area contributed by atoms with Gasteiger partial charge in [-0.05, 0) is 82.3 Å². The lowest BCUT2D eigenvalue weighted by Gasteiger charge is -2.49. The molecular weight excluding hydrogens is 496 g/mol. The van der Waals surface area contributed by atoms with Crippen LogP contribution in [0.15, 0.2) is 0 Å². The van der Waals surface area contributed by atoms with Crippen LogP contribution in [0.2, 0.25) is 18.1 Å². The Morgan fingerprint density at radius 3 is 2.29 bits per heavy atom. The average Bonchev–Trinajstić information content (AvgIpc) is 2.80. The van der Waals surface area contributed by atoms with E-state index in [1.165, 1.54) is 0 Å². The van der Waals surface area contributed by atoms with Gasteiger partial charge in [-0.3, -0.25) is 14.4 Å². The van der Waals surface area contributed by atoms with Gasteiger partial charge in [0.2, 0.25) is 0 Å². The van der Waals surface area contributed by atoms with E-state index in [-0.39, 0.29) is 59.0 Å². The van der Waals surface area contributed by atoms with Crippen molar-refractivity contribution in [2.75, 3.05) is 0 Å². The topological polar surface area (TPSA) is 78.9 Å². The average molecular weight is 551 g/mol. The minimum Gasteiger partial charge on any atom is -0.462 e. The molecule has 0 spiro atoms. The summed E-state index contributed by atoms with van der Waals surface area (Å²) in [5, 5.41) is 0.0832. The number of ketones is 1. The molecule has 8 atom stereocenters. The number of hydrogen-bond donors (Lipinski definition) is 0. The van der Waals surface area contributed by atoms with Crippen molar-refractivity contribution in [2.45, 2.75) is 143 Å². The number of hydrogen-bond acceptors (Lipinski definition) is 6. The van der Waals surface area contributed by atoms with Gasteiger partial charge < -0.3 is 13.9 Å². The molecule has 2 saturated carbocycles. The number of Topliss-reactive ketones (excluding diaryl/α,β-unsaturated/α-hetero) is 1. The monoisotopic (exact) mass is 550 g/mol. The van der Waals surface area contributed by atoms with Crippen molar-refractivity contribution in [1.82, 2.24) is 0 Å². The fourth-order valence-corrected chi connectivity index (χ4v) is 7.88. The van der Waals surface area contributed by atoms with Crippen LogP contribution in [0.3, 0.4) is 0 Å². The Bertz CT molecular complexity index is 874. The summed E-state index contributed by atoms with van der Waals surface area (Å²) in [6.45, 7) is 21.3. The molecule has 38 heavy (non-hydrogen) atoms. The quantitative estimate of drug-likeness (QED) is 0.237. The number of fused-ring (bicyclic) bond motifs is 1. The highest BCUT2D eigenvalue weighted by Gasteiger charge is 2.51. The van der Waals surface area contributed by atoms with Crippen LogP contribution in [-0.4, -0.2) is 44.4 Å². The summed E-state index contributed by atoms with van der Waals surface area (Å²) >= 11 is 0. The minimum absolute atomic E-state index is 0.0395. The Balaban J connectivity index is 1.74. The molecule has 7 heteroatoms. The molecule has 0 bridgehead atoms. The Kier molecular flexibility index (Phi) is 9.66. The fraction of sp³-hybridized carbons (Fsp3) is 0.903. The molecule has 6 nitrogen and oxygen atoms in total. The molecule has 0 unspecified atom stereocenters. The van der Waals surface area contributed by atoms with E-state index in [1.807, 2.05) is 27.7 Å². The number of carbonyl (C=O) groups excluding carboxylic acids is 3. The third-order valence-corrected chi connectivity index (χ3v) is 15.0. The van der Waals surface area contributed by atoms with Gasteiger partial charge in [-0.2, -0.15) is 0 Å². The zero-order valence-electron chi connectivity index (χ0n) is 25.7. The van der Waals surface area contributed by atoms with Gasteiger partial charge in [0, 0.05) is 24.2 Å². The van der Waals surface area contributed by atoms with E-state index < -0.39 is 13.7 Å². The fourth-order valence-electron chi connectivity index (χ4n) is 6.51. The Morgan fingerprint density at radius 1 is 1.03 bits per heavy atom. The zero-order chi connectivity index (χ0) is 28.6. The molecule has 1 aliphatic heterocycles. The van der Waals surface area contributed by atoms with Gasteiger partial charge in [-0.25, -0.2) is 0 Å². The number of carbonyl (C=O) groups is 3. The third-order valence-electron chi connectivity index (χ3n) is 10.5. The highest BCUT2D eigenvalue weighted by atomic mass is 28.4. The van der Waals surface area contributed by atoms with Crippen LogP contribution in [0.1, 0.15) is 107 Å². The Hall–Kier alpha value is -1.21. The van der Waals surface area contributed by atoms with E-state index in [9.17, 15) is 14.4 Å². The van der Waals surface area contributed by atoms with Crippen molar-refractivity contribution in [2.24, 2.45) is 35.0 Å². The molecule has 1 heterocycles. The van der Waals surface area contributed by atoms with E-state index in [0.29, 0.717) is 31.0 Å². The molecule has 0 aromatic heterocycles. The lowest BCUT2D eigenvalue weighted by atomic mass is 9.57. The van der Waals surface area contributed by atoms with Gasteiger partial charge in [0.15, 0.2) is 8.32 Å². The van der Waals surface area contributed by atoms with Crippen LogP contribution in [0, 0.1) is 35.0 Å². The second kappa shape index (κ2) is 11.7. The van der Waals surface area contributed by atoms with Crippen LogP contribution in [0.25, 0.3) is 0 Å². The van der Waals surface area contributed by atoms with E-state index >= 15 is 0 Å². The summed E-state index contributed by atoms with van der Waals surface area (Å²) in [6, 6.07) is 0. The van der Waals surface area contributed by atoms with E-state index in [1.54, 1.807) is 0 Å². The van der Waals surface area contributed by atoms with Crippen molar-refractivity contribution in [3.05, 3.63) is 0 Å². The summed E-state index contributed by atoms with van der Waals surface area (Å²) < 4.78 is 18.7. The van der Waals surface area contributed by atoms with Gasteiger partial charge in [0.05, 0.1) is 17.9 Å². The van der Waals surface area contributed by atoms with Crippen molar-refractivity contribution >= 4 is 26.0 Å². The van der Waals surface area contributed by atoms with E-state index in [0.717, 1.165) is 32.1 Å². The number of cyclic esters (lactones) is 1. The maximum absolute atomic E-state index is 13.3. The normalized spacial score (nSPS) is 34.9. The summed E-state index contributed by atoms with van der Waals surface area (Å²) in [5.41, 5.74) is -0.536. The van der Waals surface area contributed by atoms with Gasteiger partial charge in [0.25, 0.3) is 0 Å². The second-order valence-electron chi connectivity index (χ2n) is 14.8. The molecule has 0 aromatic rings. The standard InChI is InChI=1S/C31H54O6Si/c1-11-31(7,8)29(34)36-25-16-20(3)28(33)24-14-12-19(2)23(27(24)25)15-13-21-17-22(18-26(32)35-21)37-38(9,10)30(4,5)6/h19-25,27H,11-18H2,1-10H3/t19-,20+,21+,22+,23-,24+,25-,27+/m0/s1. The summed E-state index contributed by atoms with van der Waals surface area (Å²) in [7, 11) is -1.99. The Labute approximate surface area is 232 Å². The number of rotatable bonds is 8. The molecule has 3 fully saturated rings. The zero-order valence-corrected chi connectivity index (χ0v) is 26.7. The molecule has 0 amide bonds. The van der Waals surface area contributed by atoms with E-state index in [4.69, 9.17) is 13.9 Å².